The number of aromatic nitrogens is 4. The van der Waals surface area contributed by atoms with Gasteiger partial charge in [-0.2, -0.15) is 4.31 Å². The first-order valence-corrected chi connectivity index (χ1v) is 28.8. The Labute approximate surface area is 451 Å². The highest BCUT2D eigenvalue weighted by molar-refractivity contribution is 7.88. The average Bonchev–Trinajstić information content (AvgIpc) is 4.05. The highest BCUT2D eigenvalue weighted by Crippen LogP contribution is 2.47. The maximum Gasteiger partial charge on any atom is 0.343 e. The summed E-state index contributed by atoms with van der Waals surface area (Å²) in [5.74, 6) is 0.0809. The second-order valence-electron chi connectivity index (χ2n) is 21.8. The smallest absolute Gasteiger partial charge is 0.343 e. The maximum absolute atomic E-state index is 13.9. The highest BCUT2D eigenvalue weighted by atomic mass is 32.2. The number of benzene rings is 2. The molecule has 10 rings (SSSR count). The molecule has 2 aromatic carbocycles. The molecule has 0 unspecified atom stereocenters. The molecule has 4 aliphatic rings. The number of ether oxygens (including phenoxy) is 4. The molecule has 2 atom stereocenters. The van der Waals surface area contributed by atoms with Gasteiger partial charge in [-0.1, -0.05) is 56.8 Å². The average molecular weight is 1070 g/mol. The number of rotatable bonds is 15. The topological polar surface area (TPSA) is 181 Å². The van der Waals surface area contributed by atoms with Gasteiger partial charge in [0.2, 0.25) is 15.9 Å². The van der Waals surface area contributed by atoms with E-state index in [4.69, 9.17) is 28.9 Å². The first-order valence-electron chi connectivity index (χ1n) is 26.9. The molecule has 16 nitrogen and oxygen atoms in total. The van der Waals surface area contributed by atoms with Crippen molar-refractivity contribution in [1.29, 1.82) is 0 Å². The summed E-state index contributed by atoms with van der Waals surface area (Å²) in [5.41, 5.74) is 8.45. The van der Waals surface area contributed by atoms with Gasteiger partial charge in [0.1, 0.15) is 24.6 Å². The highest BCUT2D eigenvalue weighted by Gasteiger charge is 2.49. The van der Waals surface area contributed by atoms with Gasteiger partial charge in [0.05, 0.1) is 76.5 Å². The molecule has 408 valence electrons. The molecule has 0 fully saturated rings. The number of amides is 1. The fraction of sp³-hybridized carbons (Fsp3) is 0.467. The van der Waals surface area contributed by atoms with Crippen LogP contribution in [0.25, 0.3) is 44.6 Å². The number of fused-ring (bicyclic) bond motifs is 10. The summed E-state index contributed by atoms with van der Waals surface area (Å²) >= 11 is 0. The van der Waals surface area contributed by atoms with Gasteiger partial charge in [-0.15, -0.1) is 0 Å². The van der Waals surface area contributed by atoms with Crippen LogP contribution < -0.4 is 11.1 Å². The largest absolute Gasteiger partial charge is 0.490 e. The Hall–Kier alpha value is -6.53. The molecule has 4 aliphatic heterocycles. The van der Waals surface area contributed by atoms with Crippen molar-refractivity contribution in [1.82, 2.24) is 28.3 Å². The molecule has 0 spiro atoms. The van der Waals surface area contributed by atoms with Crippen LogP contribution >= 0.6 is 0 Å². The number of cyclic esters (lactones) is 1. The third-order valence-corrected chi connectivity index (χ3v) is 17.1. The molecular weight excluding hydrogens is 997 g/mol. The summed E-state index contributed by atoms with van der Waals surface area (Å²) in [4.78, 5) is 65.1. The normalized spacial score (nSPS) is 18.2. The standard InChI is InChI=1S/C30H37N3O5S.C30H35N3O5/c1-8-30(38-19(4)5)20(6)37-17-24-25(30)15-27-28-23(16-32(27)29(24)34)21(22-11-9-10-12-26(22)31-28)13-14-33(18(2)3)39(7,35)36;1-7-30(38-18(4)5)24-14-26-27-22(15-33(26)28(35)23(24)16-37-29(30)36)20(12-13-32(17(2)3)19(6)34)21-10-8-9-11-25(21)31-27/h9-12,15,18-19H,6,8,13-14,16-17H2,1-5,7H3;8-11,14,17-18H,7,12-13,15-16H2,1-6H3/t2*30-/m10/s1. The van der Waals surface area contributed by atoms with Gasteiger partial charge in [-0.25, -0.2) is 23.2 Å². The lowest BCUT2D eigenvalue weighted by molar-refractivity contribution is -0.187. The summed E-state index contributed by atoms with van der Waals surface area (Å²) in [6.45, 7) is 26.8. The molecule has 0 radical (unpaired) electrons. The summed E-state index contributed by atoms with van der Waals surface area (Å²) in [6.07, 6.45) is 2.97. The van der Waals surface area contributed by atoms with E-state index in [0.717, 1.165) is 66.7 Å². The molecule has 77 heavy (non-hydrogen) atoms. The van der Waals surface area contributed by atoms with Crippen molar-refractivity contribution >= 4 is 43.7 Å². The molecule has 0 N–H and O–H groups in total. The third-order valence-electron chi connectivity index (χ3n) is 15.6. The molecule has 4 aromatic heterocycles. The minimum atomic E-state index is -3.38. The van der Waals surface area contributed by atoms with E-state index in [0.29, 0.717) is 80.0 Å². The third kappa shape index (κ3) is 9.60. The Kier molecular flexibility index (Phi) is 15.1. The number of para-hydroxylation sites is 2. The second kappa shape index (κ2) is 21.0. The van der Waals surface area contributed by atoms with Gasteiger partial charge in [-0.3, -0.25) is 14.4 Å². The van der Waals surface area contributed by atoms with Crippen molar-refractivity contribution in [2.75, 3.05) is 19.3 Å². The van der Waals surface area contributed by atoms with Crippen molar-refractivity contribution in [3.05, 3.63) is 138 Å². The predicted octanol–water partition coefficient (Wildman–Crippen LogP) is 9.02. The Bertz CT molecular complexity index is 3620. The van der Waals surface area contributed by atoms with Crippen LogP contribution in [-0.4, -0.2) is 92.2 Å². The van der Waals surface area contributed by atoms with E-state index in [-0.39, 0.29) is 54.5 Å². The number of esters is 1. The van der Waals surface area contributed by atoms with E-state index in [9.17, 15) is 27.6 Å². The van der Waals surface area contributed by atoms with E-state index in [2.05, 4.69) is 6.58 Å². The Morgan fingerprint density at radius 2 is 1.14 bits per heavy atom. The lowest BCUT2D eigenvalue weighted by Gasteiger charge is -2.41. The number of carbonyl (C=O) groups excluding carboxylic acids is 2. The zero-order valence-corrected chi connectivity index (χ0v) is 47.4. The molecule has 0 saturated carbocycles. The lowest BCUT2D eigenvalue weighted by Crippen LogP contribution is -2.47. The number of sulfonamides is 1. The molecule has 0 aliphatic carbocycles. The summed E-state index contributed by atoms with van der Waals surface area (Å²) in [5, 5.41) is 2.00. The molecule has 0 bridgehead atoms. The van der Waals surface area contributed by atoms with Crippen molar-refractivity contribution in [2.24, 2.45) is 0 Å². The second-order valence-corrected chi connectivity index (χ2v) is 23.7. The number of carbonyl (C=O) groups is 2. The fourth-order valence-corrected chi connectivity index (χ4v) is 13.3. The fourth-order valence-electron chi connectivity index (χ4n) is 12.1. The van der Waals surface area contributed by atoms with Gasteiger partial charge in [0.25, 0.3) is 11.1 Å². The van der Waals surface area contributed by atoms with E-state index in [1.807, 2.05) is 135 Å². The van der Waals surface area contributed by atoms with Crippen LogP contribution in [0.5, 0.6) is 0 Å². The van der Waals surface area contributed by atoms with Gasteiger partial charge < -0.3 is 33.0 Å². The van der Waals surface area contributed by atoms with Gasteiger partial charge in [-0.05, 0) is 116 Å². The molecular formula is C60H72N6O10S. The van der Waals surface area contributed by atoms with Crippen molar-refractivity contribution in [3.63, 3.8) is 0 Å². The first kappa shape index (κ1) is 55.2. The van der Waals surface area contributed by atoms with Gasteiger partial charge in [0.15, 0.2) is 5.60 Å². The van der Waals surface area contributed by atoms with Gasteiger partial charge >= 0.3 is 5.97 Å². The summed E-state index contributed by atoms with van der Waals surface area (Å²) < 4.78 is 54.0. The molecule has 1 amide bonds. The Balaban J connectivity index is 0.000000188. The molecule has 6 aromatic rings. The predicted molar refractivity (Wildman–Crippen MR) is 298 cm³/mol. The van der Waals surface area contributed by atoms with Crippen LogP contribution in [0.15, 0.2) is 82.6 Å². The van der Waals surface area contributed by atoms with Crippen LogP contribution in [-0.2, 0) is 88.9 Å². The number of hydrogen-bond donors (Lipinski definition) is 0. The summed E-state index contributed by atoms with van der Waals surface area (Å²) in [7, 11) is -3.38. The first-order chi connectivity index (χ1) is 36.5. The van der Waals surface area contributed by atoms with Crippen LogP contribution in [0.2, 0.25) is 0 Å². The van der Waals surface area contributed by atoms with Crippen molar-refractivity contribution in [2.45, 2.75) is 164 Å². The van der Waals surface area contributed by atoms with Crippen LogP contribution in [0, 0.1) is 0 Å². The van der Waals surface area contributed by atoms with E-state index in [1.54, 1.807) is 16.1 Å². The van der Waals surface area contributed by atoms with E-state index in [1.165, 1.54) is 10.6 Å². The number of pyridine rings is 4. The Morgan fingerprint density at radius 3 is 1.58 bits per heavy atom. The van der Waals surface area contributed by atoms with Crippen molar-refractivity contribution < 1.29 is 37.0 Å². The van der Waals surface area contributed by atoms with Gasteiger partial charge in [0, 0.05) is 65.1 Å². The summed E-state index contributed by atoms with van der Waals surface area (Å²) in [6, 6.07) is 19.7. The van der Waals surface area contributed by atoms with E-state index >= 15 is 0 Å². The minimum absolute atomic E-state index is 0.0351. The van der Waals surface area contributed by atoms with Crippen LogP contribution in [0.4, 0.5) is 0 Å². The molecule has 8 heterocycles. The molecule has 0 saturated heterocycles. The van der Waals surface area contributed by atoms with E-state index < -0.39 is 27.2 Å². The number of nitrogens with zero attached hydrogens (tertiary/aromatic N) is 6. The zero-order valence-electron chi connectivity index (χ0n) is 46.5. The monoisotopic (exact) mass is 1070 g/mol. The molecule has 17 heteroatoms. The van der Waals surface area contributed by atoms with Crippen LogP contribution in [0.3, 0.4) is 0 Å². The lowest BCUT2D eigenvalue weighted by atomic mass is 9.84. The maximum atomic E-state index is 13.9. The van der Waals surface area contributed by atoms with Crippen LogP contribution in [0.1, 0.15) is 134 Å². The van der Waals surface area contributed by atoms with Crippen molar-refractivity contribution in [3.8, 4) is 22.8 Å². The minimum Gasteiger partial charge on any atom is -0.490 e. The SMILES string of the molecule is C=C1OCc2c(cc3n(c2=O)Cc2c-3nc3ccccc3c2CCN(C(C)C)S(C)(=O)=O)[C@]1(CC)OC(C)C.CC[C@@]1(OC(C)C)C(=O)OCc2c1cc1n(c2=O)Cc2c-1nc1ccccc1c2CCN(C(C)=O)C(C)C. The quantitative estimate of drug-likeness (QED) is 0.0891. The number of hydrogen-bond acceptors (Lipinski definition) is 12. The zero-order chi connectivity index (χ0) is 55.6. The Morgan fingerprint density at radius 1 is 0.688 bits per heavy atom.